The average Bonchev–Trinajstić information content (AvgIpc) is 3.04. The molecular formula is C22H29NO5S. The van der Waals surface area contributed by atoms with Crippen LogP contribution < -0.4 is 5.32 Å². The predicted molar refractivity (Wildman–Crippen MR) is 112 cm³/mol. The number of ether oxygens (including phenoxy) is 1. The number of carbonyl (C=O) groups excluding carboxylic acids is 2. The largest absolute Gasteiger partial charge is 0.481 e. The molecule has 2 aliphatic carbocycles. The first-order chi connectivity index (χ1) is 13.8. The third kappa shape index (κ3) is 4.71. The molecule has 158 valence electrons. The van der Waals surface area contributed by atoms with Crippen molar-refractivity contribution < 1.29 is 24.2 Å². The van der Waals surface area contributed by atoms with Gasteiger partial charge in [-0.2, -0.15) is 0 Å². The van der Waals surface area contributed by atoms with E-state index in [4.69, 9.17) is 4.74 Å². The molecular weight excluding hydrogens is 390 g/mol. The quantitative estimate of drug-likeness (QED) is 0.525. The van der Waals surface area contributed by atoms with Crippen molar-refractivity contribution in [1.29, 1.82) is 0 Å². The summed E-state index contributed by atoms with van der Waals surface area (Å²) in [6.45, 7) is 5.77. The van der Waals surface area contributed by atoms with Gasteiger partial charge in [0.15, 0.2) is 0 Å². The molecule has 1 amide bonds. The molecule has 3 rings (SSSR count). The van der Waals surface area contributed by atoms with Gasteiger partial charge in [0, 0.05) is 4.88 Å². The molecule has 7 heteroatoms. The number of carboxylic acid groups (broad SMARTS) is 1. The minimum atomic E-state index is -0.967. The molecule has 1 heterocycles. The molecule has 0 radical (unpaired) electrons. The van der Waals surface area contributed by atoms with Crippen molar-refractivity contribution in [2.75, 3.05) is 5.32 Å². The van der Waals surface area contributed by atoms with Crippen LogP contribution in [0.5, 0.6) is 0 Å². The van der Waals surface area contributed by atoms with Gasteiger partial charge in [0.2, 0.25) is 5.91 Å². The summed E-state index contributed by atoms with van der Waals surface area (Å²) >= 11 is 1.44. The van der Waals surface area contributed by atoms with Gasteiger partial charge in [-0.15, -0.1) is 11.3 Å². The number of thiophene rings is 1. The summed E-state index contributed by atoms with van der Waals surface area (Å²) in [7, 11) is 0. The molecule has 29 heavy (non-hydrogen) atoms. The van der Waals surface area contributed by atoms with Crippen molar-refractivity contribution in [3.8, 4) is 0 Å². The third-order valence-corrected chi connectivity index (χ3v) is 6.98. The monoisotopic (exact) mass is 419 g/mol. The van der Waals surface area contributed by atoms with Crippen LogP contribution in [0.1, 0.15) is 67.3 Å². The molecule has 6 nitrogen and oxygen atoms in total. The summed E-state index contributed by atoms with van der Waals surface area (Å²) in [4.78, 5) is 38.5. The zero-order valence-corrected chi connectivity index (χ0v) is 18.0. The Balaban J connectivity index is 1.90. The number of carbonyl (C=O) groups is 3. The number of hydrogen-bond donors (Lipinski definition) is 2. The number of aliphatic carboxylic acids is 1. The summed E-state index contributed by atoms with van der Waals surface area (Å²) in [5.74, 6) is -2.53. The minimum absolute atomic E-state index is 0.256. The number of anilines is 1. The number of esters is 1. The van der Waals surface area contributed by atoms with Crippen LogP contribution in [0.15, 0.2) is 12.2 Å². The van der Waals surface area contributed by atoms with E-state index in [9.17, 15) is 19.5 Å². The fourth-order valence-corrected chi connectivity index (χ4v) is 5.51. The van der Waals surface area contributed by atoms with Crippen LogP contribution in [0.3, 0.4) is 0 Å². The third-order valence-electron chi connectivity index (χ3n) is 5.81. The van der Waals surface area contributed by atoms with Crippen LogP contribution in [0.25, 0.3) is 0 Å². The van der Waals surface area contributed by atoms with E-state index in [1.165, 1.54) is 11.3 Å². The Labute approximate surface area is 175 Å². The number of hydrogen-bond acceptors (Lipinski definition) is 5. The highest BCUT2D eigenvalue weighted by Gasteiger charge is 2.36. The number of nitrogens with one attached hydrogen (secondary N) is 1. The zero-order valence-electron chi connectivity index (χ0n) is 17.2. The number of allylic oxidation sites excluding steroid dienone is 2. The molecule has 0 aliphatic heterocycles. The Bertz CT molecular complexity index is 825. The van der Waals surface area contributed by atoms with Gasteiger partial charge >= 0.3 is 11.9 Å². The van der Waals surface area contributed by atoms with Crippen LogP contribution >= 0.6 is 11.3 Å². The second-order valence-electron chi connectivity index (χ2n) is 8.16. The Morgan fingerprint density at radius 1 is 1.24 bits per heavy atom. The highest BCUT2D eigenvalue weighted by molar-refractivity contribution is 7.17. The number of fused-ring (bicyclic) bond motifs is 1. The van der Waals surface area contributed by atoms with Gasteiger partial charge in [-0.05, 0) is 57.4 Å². The minimum Gasteiger partial charge on any atom is -0.481 e. The molecule has 0 saturated heterocycles. The summed E-state index contributed by atoms with van der Waals surface area (Å²) in [5, 5.41) is 12.9. The first-order valence-electron chi connectivity index (χ1n) is 10.4. The smallest absolute Gasteiger partial charge is 0.341 e. The molecule has 3 atom stereocenters. The van der Waals surface area contributed by atoms with Gasteiger partial charge in [-0.3, -0.25) is 9.59 Å². The molecule has 1 aromatic rings. The Kier molecular flexibility index (Phi) is 6.77. The van der Waals surface area contributed by atoms with E-state index < -0.39 is 23.8 Å². The normalized spacial score (nSPS) is 23.5. The molecule has 0 fully saturated rings. The van der Waals surface area contributed by atoms with Gasteiger partial charge in [-0.25, -0.2) is 4.79 Å². The molecule has 1 aromatic heterocycles. The lowest BCUT2D eigenvalue weighted by Crippen LogP contribution is -2.34. The maximum absolute atomic E-state index is 13.0. The van der Waals surface area contributed by atoms with Gasteiger partial charge in [0.05, 0.1) is 23.5 Å². The summed E-state index contributed by atoms with van der Waals surface area (Å²) in [6.07, 6.45) is 7.93. The maximum atomic E-state index is 13.0. The van der Waals surface area contributed by atoms with E-state index in [2.05, 4.69) is 12.2 Å². The van der Waals surface area contributed by atoms with Crippen molar-refractivity contribution in [2.45, 2.75) is 65.4 Å². The molecule has 0 spiro atoms. The second kappa shape index (κ2) is 9.11. The summed E-state index contributed by atoms with van der Waals surface area (Å²) in [5.41, 5.74) is 1.44. The maximum Gasteiger partial charge on any atom is 0.341 e. The van der Waals surface area contributed by atoms with Crippen molar-refractivity contribution in [3.05, 3.63) is 28.2 Å². The number of amides is 1. The summed E-state index contributed by atoms with van der Waals surface area (Å²) in [6, 6.07) is 0. The van der Waals surface area contributed by atoms with Crippen LogP contribution in [0.4, 0.5) is 5.00 Å². The van der Waals surface area contributed by atoms with Gasteiger partial charge in [-0.1, -0.05) is 25.5 Å². The topological polar surface area (TPSA) is 92.7 Å². The van der Waals surface area contributed by atoms with Gasteiger partial charge in [0.25, 0.3) is 0 Å². The fourth-order valence-electron chi connectivity index (χ4n) is 4.16. The second-order valence-corrected chi connectivity index (χ2v) is 9.27. The van der Waals surface area contributed by atoms with Crippen molar-refractivity contribution >= 4 is 34.2 Å². The van der Waals surface area contributed by atoms with E-state index in [0.717, 1.165) is 36.1 Å². The molecule has 2 aliphatic rings. The van der Waals surface area contributed by atoms with Crippen molar-refractivity contribution in [2.24, 2.45) is 17.8 Å². The first kappa shape index (κ1) is 21.6. The van der Waals surface area contributed by atoms with Gasteiger partial charge in [0.1, 0.15) is 5.00 Å². The lowest BCUT2D eigenvalue weighted by Gasteiger charge is -2.24. The van der Waals surface area contributed by atoms with Crippen LogP contribution in [0.2, 0.25) is 0 Å². The Hall–Kier alpha value is -2.15. The van der Waals surface area contributed by atoms with Crippen LogP contribution in [0, 0.1) is 17.8 Å². The molecule has 2 N–H and O–H groups in total. The Morgan fingerprint density at radius 3 is 2.55 bits per heavy atom. The van der Waals surface area contributed by atoms with E-state index in [1.807, 2.05) is 12.2 Å². The fraction of sp³-hybridized carbons (Fsp3) is 0.591. The molecule has 0 unspecified atom stereocenters. The summed E-state index contributed by atoms with van der Waals surface area (Å²) < 4.78 is 5.45. The number of rotatable bonds is 6. The van der Waals surface area contributed by atoms with Crippen LogP contribution in [-0.4, -0.2) is 29.1 Å². The Morgan fingerprint density at radius 2 is 1.93 bits per heavy atom. The lowest BCUT2D eigenvalue weighted by atomic mass is 9.82. The standard InChI is InChI=1S/C22H29NO5S/c1-4-13-9-10-16-17(11-13)29-20(18(16)22(27)28-12(2)3)23-19(24)14-7-5-6-8-15(14)21(25)26/h5-6,12-15H,4,7-11H2,1-3H3,(H,23,24)(H,25,26)/t13-,14-,15-/m0/s1. The van der Waals surface area contributed by atoms with E-state index in [1.54, 1.807) is 13.8 Å². The molecule has 0 saturated carbocycles. The average molecular weight is 420 g/mol. The lowest BCUT2D eigenvalue weighted by molar-refractivity contribution is -0.146. The highest BCUT2D eigenvalue weighted by atomic mass is 32.1. The zero-order chi connectivity index (χ0) is 21.1. The van der Waals surface area contributed by atoms with Crippen molar-refractivity contribution in [3.63, 3.8) is 0 Å². The number of carboxylic acids is 1. The highest BCUT2D eigenvalue weighted by Crippen LogP contribution is 2.41. The molecule has 0 bridgehead atoms. The first-order valence-corrected chi connectivity index (χ1v) is 11.2. The van der Waals surface area contributed by atoms with E-state index in [0.29, 0.717) is 29.3 Å². The van der Waals surface area contributed by atoms with E-state index >= 15 is 0 Å². The van der Waals surface area contributed by atoms with Crippen LogP contribution in [-0.2, 0) is 27.2 Å². The van der Waals surface area contributed by atoms with E-state index in [-0.39, 0.29) is 12.0 Å². The van der Waals surface area contributed by atoms with Gasteiger partial charge < -0.3 is 15.2 Å². The molecule has 0 aromatic carbocycles. The van der Waals surface area contributed by atoms with Crippen molar-refractivity contribution in [1.82, 2.24) is 0 Å². The SMILES string of the molecule is CC[C@H]1CCc2c(sc(NC(=O)[C@H]3CC=CC[C@@H]3C(=O)O)c2C(=O)OC(C)C)C1. The predicted octanol–water partition coefficient (Wildman–Crippen LogP) is 4.43.